The maximum Gasteiger partial charge on any atom is 0.254 e. The summed E-state index contributed by atoms with van der Waals surface area (Å²) in [5.41, 5.74) is 0.823. The number of halogens is 1. The van der Waals surface area contributed by atoms with Gasteiger partial charge < -0.3 is 9.32 Å². The average molecular weight is 365 g/mol. The summed E-state index contributed by atoms with van der Waals surface area (Å²) >= 11 is 0. The van der Waals surface area contributed by atoms with E-state index in [4.69, 9.17) is 4.42 Å². The molecule has 0 spiro atoms. The maximum atomic E-state index is 13.4. The highest BCUT2D eigenvalue weighted by Gasteiger charge is 2.45. The van der Waals surface area contributed by atoms with Crippen molar-refractivity contribution in [2.75, 3.05) is 6.54 Å². The second-order valence-electron chi connectivity index (χ2n) is 7.01. The highest BCUT2D eigenvalue weighted by molar-refractivity contribution is 5.94. The first-order valence-electron chi connectivity index (χ1n) is 8.98. The highest BCUT2D eigenvalue weighted by Crippen LogP contribution is 2.39. The molecule has 0 unspecified atom stereocenters. The Labute approximate surface area is 156 Å². The van der Waals surface area contributed by atoms with E-state index in [1.54, 1.807) is 36.8 Å². The first kappa shape index (κ1) is 17.4. The van der Waals surface area contributed by atoms with Gasteiger partial charge in [-0.05, 0) is 49.6 Å². The van der Waals surface area contributed by atoms with Gasteiger partial charge in [0.15, 0.2) is 0 Å². The number of nitrogens with zero attached hydrogens (tertiary/aromatic N) is 3. The zero-order chi connectivity index (χ0) is 18.9. The van der Waals surface area contributed by atoms with Crippen LogP contribution in [-0.2, 0) is 12.0 Å². The summed E-state index contributed by atoms with van der Waals surface area (Å²) in [7, 11) is 0. The molecule has 1 aliphatic rings. The second kappa shape index (κ2) is 6.95. The molecule has 1 fully saturated rings. The Morgan fingerprint density at radius 2 is 2.11 bits per heavy atom. The van der Waals surface area contributed by atoms with Gasteiger partial charge in [-0.3, -0.25) is 9.78 Å². The van der Waals surface area contributed by atoms with E-state index in [9.17, 15) is 9.18 Å². The molecule has 0 saturated carbocycles. The number of carbonyl (C=O) groups is 1. The van der Waals surface area contributed by atoms with Crippen LogP contribution in [0.25, 0.3) is 0 Å². The Morgan fingerprint density at radius 3 is 2.89 bits per heavy atom. The second-order valence-corrected chi connectivity index (χ2v) is 7.01. The van der Waals surface area contributed by atoms with E-state index < -0.39 is 5.54 Å². The fourth-order valence-corrected chi connectivity index (χ4v) is 3.65. The van der Waals surface area contributed by atoms with Crippen molar-refractivity contribution in [1.82, 2.24) is 14.9 Å². The van der Waals surface area contributed by atoms with Gasteiger partial charge in [-0.25, -0.2) is 9.37 Å². The van der Waals surface area contributed by atoms with E-state index in [-0.39, 0.29) is 11.7 Å². The van der Waals surface area contributed by atoms with Crippen LogP contribution in [0.2, 0.25) is 0 Å². The monoisotopic (exact) mass is 365 g/mol. The van der Waals surface area contributed by atoms with Crippen LogP contribution in [-0.4, -0.2) is 27.3 Å². The van der Waals surface area contributed by atoms with E-state index in [1.807, 2.05) is 17.9 Å². The van der Waals surface area contributed by atoms with Gasteiger partial charge in [0, 0.05) is 30.9 Å². The van der Waals surface area contributed by atoms with Gasteiger partial charge in [-0.1, -0.05) is 12.1 Å². The fraction of sp³-hybridized carbons (Fsp3) is 0.286. The number of oxazole rings is 1. The Hall–Kier alpha value is -3.02. The van der Waals surface area contributed by atoms with Crippen molar-refractivity contribution in [2.45, 2.75) is 31.7 Å². The van der Waals surface area contributed by atoms with Crippen molar-refractivity contribution in [3.63, 3.8) is 0 Å². The minimum atomic E-state index is -0.597. The topological polar surface area (TPSA) is 59.2 Å². The molecule has 3 heterocycles. The van der Waals surface area contributed by atoms with Gasteiger partial charge in [0.2, 0.25) is 5.89 Å². The average Bonchev–Trinajstić information content (AvgIpc) is 3.30. The molecule has 138 valence electrons. The van der Waals surface area contributed by atoms with Crippen LogP contribution in [0.3, 0.4) is 0 Å². The van der Waals surface area contributed by atoms with Crippen molar-refractivity contribution < 1.29 is 13.6 Å². The smallest absolute Gasteiger partial charge is 0.254 e. The van der Waals surface area contributed by atoms with Crippen LogP contribution < -0.4 is 0 Å². The molecule has 0 bridgehead atoms. The van der Waals surface area contributed by atoms with Crippen molar-refractivity contribution in [3.8, 4) is 0 Å². The molecular formula is C21H20FN3O2. The number of rotatable bonds is 4. The number of amides is 1. The largest absolute Gasteiger partial charge is 0.443 e. The number of hydrogen-bond acceptors (Lipinski definition) is 4. The Morgan fingerprint density at radius 1 is 1.30 bits per heavy atom. The number of benzene rings is 1. The first-order valence-corrected chi connectivity index (χ1v) is 8.98. The zero-order valence-corrected chi connectivity index (χ0v) is 15.1. The van der Waals surface area contributed by atoms with E-state index in [1.165, 1.54) is 12.1 Å². The Bertz CT molecular complexity index is 957. The quantitative estimate of drug-likeness (QED) is 0.702. The van der Waals surface area contributed by atoms with Gasteiger partial charge >= 0.3 is 0 Å². The molecule has 0 aliphatic carbocycles. The summed E-state index contributed by atoms with van der Waals surface area (Å²) < 4.78 is 19.4. The molecule has 3 aromatic rings. The maximum absolute atomic E-state index is 13.4. The van der Waals surface area contributed by atoms with E-state index in [2.05, 4.69) is 9.97 Å². The Balaban J connectivity index is 1.58. The van der Waals surface area contributed by atoms with Crippen molar-refractivity contribution in [1.29, 1.82) is 0 Å². The van der Waals surface area contributed by atoms with Crippen molar-refractivity contribution >= 4 is 5.91 Å². The summed E-state index contributed by atoms with van der Waals surface area (Å²) in [5, 5.41) is 0. The number of aromatic nitrogens is 2. The third kappa shape index (κ3) is 3.35. The number of pyridine rings is 1. The Kier molecular flexibility index (Phi) is 4.48. The van der Waals surface area contributed by atoms with E-state index in [0.717, 1.165) is 18.4 Å². The summed E-state index contributed by atoms with van der Waals surface area (Å²) in [4.78, 5) is 23.2. The third-order valence-electron chi connectivity index (χ3n) is 5.10. The molecule has 0 N–H and O–H groups in total. The molecule has 6 heteroatoms. The standard InChI is InChI=1S/C21H20FN3O2/c1-21(8-3-11-25(21)19(26)16-6-9-23-10-7-16)20-24-14-18(27-20)13-15-4-2-5-17(22)12-15/h2,4-7,9-10,12,14H,3,8,11,13H2,1H3/t21-/m1/s1. The van der Waals surface area contributed by atoms with Gasteiger partial charge in [-0.15, -0.1) is 0 Å². The molecule has 1 atom stereocenters. The predicted octanol–water partition coefficient (Wildman–Crippen LogP) is 3.95. The van der Waals surface area contributed by atoms with Gasteiger partial charge in [-0.2, -0.15) is 0 Å². The molecule has 0 radical (unpaired) electrons. The SMILES string of the molecule is C[C@]1(c2ncc(Cc3cccc(F)c3)o2)CCCN1C(=O)c1ccncc1. The zero-order valence-electron chi connectivity index (χ0n) is 15.1. The molecule has 27 heavy (non-hydrogen) atoms. The first-order chi connectivity index (χ1) is 13.1. The lowest BCUT2D eigenvalue weighted by molar-refractivity contribution is 0.0563. The summed E-state index contributed by atoms with van der Waals surface area (Å²) in [6.07, 6.45) is 7.02. The lowest BCUT2D eigenvalue weighted by atomic mass is 9.98. The molecule has 5 nitrogen and oxygen atoms in total. The lowest BCUT2D eigenvalue weighted by Crippen LogP contribution is -2.43. The normalized spacial score (nSPS) is 19.4. The van der Waals surface area contributed by atoms with E-state index >= 15 is 0 Å². The summed E-state index contributed by atoms with van der Waals surface area (Å²) in [5.74, 6) is 0.847. The van der Waals surface area contributed by atoms with Crippen LogP contribution in [0.4, 0.5) is 4.39 Å². The van der Waals surface area contributed by atoms with Gasteiger partial charge in [0.25, 0.3) is 5.91 Å². The minimum Gasteiger partial charge on any atom is -0.443 e. The summed E-state index contributed by atoms with van der Waals surface area (Å²) in [6.45, 7) is 2.64. The fourth-order valence-electron chi connectivity index (χ4n) is 3.65. The molecular weight excluding hydrogens is 345 g/mol. The highest BCUT2D eigenvalue weighted by atomic mass is 19.1. The molecule has 4 rings (SSSR count). The van der Waals surface area contributed by atoms with Crippen LogP contribution >= 0.6 is 0 Å². The minimum absolute atomic E-state index is 0.0534. The lowest BCUT2D eigenvalue weighted by Gasteiger charge is -2.32. The predicted molar refractivity (Wildman–Crippen MR) is 97.6 cm³/mol. The number of carbonyl (C=O) groups excluding carboxylic acids is 1. The van der Waals surface area contributed by atoms with Crippen molar-refractivity contribution in [2.24, 2.45) is 0 Å². The van der Waals surface area contributed by atoms with Crippen molar-refractivity contribution in [3.05, 3.63) is 83.6 Å². The van der Waals surface area contributed by atoms with Crippen LogP contribution in [0.15, 0.2) is 59.4 Å². The number of likely N-dealkylation sites (tertiary alicyclic amines) is 1. The molecule has 1 saturated heterocycles. The number of hydrogen-bond donors (Lipinski definition) is 0. The van der Waals surface area contributed by atoms with Gasteiger partial charge in [0.1, 0.15) is 17.1 Å². The van der Waals surface area contributed by atoms with Crippen LogP contribution in [0, 0.1) is 5.82 Å². The van der Waals surface area contributed by atoms with E-state index in [0.29, 0.717) is 30.2 Å². The molecule has 1 aromatic carbocycles. The van der Waals surface area contributed by atoms with Crippen LogP contribution in [0.5, 0.6) is 0 Å². The third-order valence-corrected chi connectivity index (χ3v) is 5.10. The summed E-state index contributed by atoms with van der Waals surface area (Å²) in [6, 6.07) is 9.85. The van der Waals surface area contributed by atoms with Crippen LogP contribution in [0.1, 0.15) is 47.3 Å². The molecule has 1 amide bonds. The molecule has 1 aliphatic heterocycles. The van der Waals surface area contributed by atoms with Gasteiger partial charge in [0.05, 0.1) is 6.20 Å². The molecule has 2 aromatic heterocycles.